The number of hydrogen-bond donors (Lipinski definition) is 3. The van der Waals surface area contributed by atoms with E-state index in [0.29, 0.717) is 29.2 Å². The number of allylic oxidation sites excluding steroid dienone is 2. The van der Waals surface area contributed by atoms with Crippen LogP contribution in [0.3, 0.4) is 0 Å². The van der Waals surface area contributed by atoms with Crippen LogP contribution in [0.4, 0.5) is 17.6 Å². The maximum absolute atomic E-state index is 13.9. The van der Waals surface area contributed by atoms with Crippen molar-refractivity contribution in [2.45, 2.75) is 113 Å². The van der Waals surface area contributed by atoms with Crippen molar-refractivity contribution in [2.24, 2.45) is 5.92 Å². The van der Waals surface area contributed by atoms with Gasteiger partial charge in [-0.2, -0.15) is 0 Å². The van der Waals surface area contributed by atoms with Gasteiger partial charge in [0.2, 0.25) is 0 Å². The van der Waals surface area contributed by atoms with E-state index in [1.807, 2.05) is 60.9 Å². The minimum absolute atomic E-state index is 0.0467. The summed E-state index contributed by atoms with van der Waals surface area (Å²) >= 11 is 0. The summed E-state index contributed by atoms with van der Waals surface area (Å²) in [5, 5.41) is 8.66. The maximum atomic E-state index is 13.9. The number of nitrogens with one attached hydrogen (secondary N) is 3. The highest BCUT2D eigenvalue weighted by atomic mass is 19.3. The van der Waals surface area contributed by atoms with Crippen LogP contribution < -0.4 is 16.0 Å². The van der Waals surface area contributed by atoms with Gasteiger partial charge >= 0.3 is 0 Å². The number of hydrogen-bond acceptors (Lipinski definition) is 3. The first-order valence-electron chi connectivity index (χ1n) is 15.0. The summed E-state index contributed by atoms with van der Waals surface area (Å²) in [6, 6.07) is 2.43. The van der Waals surface area contributed by atoms with E-state index in [4.69, 9.17) is 0 Å². The van der Waals surface area contributed by atoms with Crippen LogP contribution in [0.15, 0.2) is 42.5 Å². The van der Waals surface area contributed by atoms with Gasteiger partial charge in [0.05, 0.1) is 12.2 Å². The molecule has 1 amide bonds. The predicted molar refractivity (Wildman–Crippen MR) is 174 cm³/mol. The van der Waals surface area contributed by atoms with E-state index in [0.717, 1.165) is 31.2 Å². The van der Waals surface area contributed by atoms with Gasteiger partial charge in [0.25, 0.3) is 12.3 Å². The van der Waals surface area contributed by atoms with Gasteiger partial charge in [-0.1, -0.05) is 44.7 Å². The quantitative estimate of drug-likeness (QED) is 0.121. The lowest BCUT2D eigenvalue weighted by atomic mass is 9.85. The molecule has 1 aromatic rings. The average Bonchev–Trinajstić information content (AvgIpc) is 2.95. The first kappa shape index (κ1) is 44.0. The van der Waals surface area contributed by atoms with Crippen LogP contribution >= 0.6 is 0 Å². The fourth-order valence-electron chi connectivity index (χ4n) is 3.60. The Morgan fingerprint density at radius 1 is 0.976 bits per heavy atom. The third-order valence-electron chi connectivity index (χ3n) is 5.96. The lowest BCUT2D eigenvalue weighted by Crippen LogP contribution is -2.41. The van der Waals surface area contributed by atoms with Crippen molar-refractivity contribution < 1.29 is 22.4 Å². The molecule has 1 aliphatic rings. The lowest BCUT2D eigenvalue weighted by molar-refractivity contribution is -0.118. The van der Waals surface area contributed by atoms with Crippen molar-refractivity contribution in [3.8, 4) is 0 Å². The van der Waals surface area contributed by atoms with Crippen LogP contribution in [-0.4, -0.2) is 51.2 Å². The Balaban J connectivity index is -0.000000991. The topological polar surface area (TPSA) is 53.2 Å². The highest BCUT2D eigenvalue weighted by molar-refractivity contribution is 6.00. The Hall–Kier alpha value is -2.45. The molecule has 0 aliphatic heterocycles. The number of carbonyl (C=O) groups is 1. The zero-order chi connectivity index (χ0) is 33.3. The molecule has 0 heterocycles. The van der Waals surface area contributed by atoms with Crippen LogP contribution in [0.25, 0.3) is 6.08 Å². The van der Waals surface area contributed by atoms with Crippen molar-refractivity contribution in [3.05, 3.63) is 65.0 Å². The maximum Gasteiger partial charge on any atom is 0.253 e. The second-order valence-corrected chi connectivity index (χ2v) is 10.2. The van der Waals surface area contributed by atoms with Gasteiger partial charge in [0.15, 0.2) is 0 Å². The molecule has 0 radical (unpaired) electrons. The Morgan fingerprint density at radius 3 is 1.86 bits per heavy atom. The minimum atomic E-state index is -2.36. The van der Waals surface area contributed by atoms with Gasteiger partial charge in [-0.25, -0.2) is 17.6 Å². The number of benzene rings is 1. The first-order valence-corrected chi connectivity index (χ1v) is 15.0. The number of carbonyl (C=O) groups excluding carboxylic acids is 1. The molecular weight excluding hydrogens is 542 g/mol. The first-order chi connectivity index (χ1) is 19.8. The fourth-order valence-corrected chi connectivity index (χ4v) is 3.60. The summed E-state index contributed by atoms with van der Waals surface area (Å²) in [5.74, 6) is -0.191. The zero-order valence-corrected chi connectivity index (χ0v) is 28.0. The van der Waals surface area contributed by atoms with Gasteiger partial charge in [0, 0.05) is 11.6 Å². The fraction of sp³-hybridized carbons (Fsp3) is 0.618. The molecule has 1 aliphatic carbocycles. The Morgan fingerprint density at radius 2 is 1.45 bits per heavy atom. The van der Waals surface area contributed by atoms with Crippen LogP contribution in [0.2, 0.25) is 0 Å². The number of aryl methyl sites for hydroxylation is 2. The highest BCUT2D eigenvalue weighted by Gasteiger charge is 2.24. The largest absolute Gasteiger partial charge is 0.349 e. The second-order valence-electron chi connectivity index (χ2n) is 10.2. The van der Waals surface area contributed by atoms with Crippen molar-refractivity contribution in [1.82, 2.24) is 16.0 Å². The van der Waals surface area contributed by atoms with Gasteiger partial charge < -0.3 is 16.0 Å². The minimum Gasteiger partial charge on any atom is -0.349 e. The SMILES string of the molecule is C/C=C/C.C=C/C(=C\c1cc(F)c(C)cc1C)C(=O)NC1CCC(CNC(C)C(F)F)CC1.CC.CC(C)F.CNC. The van der Waals surface area contributed by atoms with E-state index < -0.39 is 18.6 Å². The number of halogens is 4. The van der Waals surface area contributed by atoms with E-state index in [-0.39, 0.29) is 17.8 Å². The Labute approximate surface area is 254 Å². The summed E-state index contributed by atoms with van der Waals surface area (Å²) in [5.41, 5.74) is 2.51. The van der Waals surface area contributed by atoms with Gasteiger partial charge in [-0.05, 0) is 130 Å². The molecule has 1 fully saturated rings. The average molecular weight is 602 g/mol. The number of rotatable bonds is 8. The van der Waals surface area contributed by atoms with E-state index in [1.54, 1.807) is 19.1 Å². The molecule has 1 atom stereocenters. The standard InChI is InChI=1S/C23H31F3N2O.C4H8.C3H7F.C2H7N.C2H6/c1-5-18(11-19-12-21(24)15(3)10-14(19)2)23(29)28-20-8-6-17(7-9-20)13-27-16(4)22(25)26;1-3-4-2;1-3(2)4;1-3-2;1-2/h5,10-12,16-17,20,22,27H,1,6-9,13H2,2-4H3,(H,28,29);3-4H,1-2H3;3H,1-2H3;3H,1-2H3;1-2H3/b18-11+;4-3+;;;. The Kier molecular flexibility index (Phi) is 28.7. The molecule has 244 valence electrons. The van der Waals surface area contributed by atoms with E-state index in [9.17, 15) is 22.4 Å². The van der Waals surface area contributed by atoms with Crippen LogP contribution in [-0.2, 0) is 4.79 Å². The molecule has 0 bridgehead atoms. The summed E-state index contributed by atoms with van der Waals surface area (Å²) in [6.45, 7) is 20.4. The summed E-state index contributed by atoms with van der Waals surface area (Å²) < 4.78 is 50.0. The van der Waals surface area contributed by atoms with Crippen LogP contribution in [0.1, 0.15) is 90.8 Å². The second kappa shape index (κ2) is 27.4. The normalized spacial score (nSPS) is 16.9. The molecular formula is C34H59F4N3O. The predicted octanol–water partition coefficient (Wildman–Crippen LogP) is 8.74. The monoisotopic (exact) mass is 601 g/mol. The molecule has 1 unspecified atom stereocenters. The Bertz CT molecular complexity index is 886. The van der Waals surface area contributed by atoms with E-state index in [1.165, 1.54) is 32.9 Å². The lowest BCUT2D eigenvalue weighted by Gasteiger charge is -2.30. The third kappa shape index (κ3) is 22.2. The third-order valence-corrected chi connectivity index (χ3v) is 5.96. The molecule has 0 aromatic heterocycles. The van der Waals surface area contributed by atoms with E-state index in [2.05, 4.69) is 22.5 Å². The van der Waals surface area contributed by atoms with Crippen molar-refractivity contribution in [1.29, 1.82) is 0 Å². The van der Waals surface area contributed by atoms with E-state index >= 15 is 0 Å². The summed E-state index contributed by atoms with van der Waals surface area (Å²) in [7, 11) is 3.75. The molecule has 0 spiro atoms. The van der Waals surface area contributed by atoms with Crippen molar-refractivity contribution in [2.75, 3.05) is 20.6 Å². The smallest absolute Gasteiger partial charge is 0.253 e. The van der Waals surface area contributed by atoms with Crippen molar-refractivity contribution >= 4 is 12.0 Å². The molecule has 8 heteroatoms. The molecule has 0 saturated heterocycles. The molecule has 1 aromatic carbocycles. The molecule has 42 heavy (non-hydrogen) atoms. The number of amides is 1. The van der Waals surface area contributed by atoms with Gasteiger partial charge in [-0.3, -0.25) is 4.79 Å². The summed E-state index contributed by atoms with van der Waals surface area (Å²) in [6.07, 6.45) is 7.48. The number of alkyl halides is 3. The molecule has 3 N–H and O–H groups in total. The van der Waals surface area contributed by atoms with Gasteiger partial charge in [0.1, 0.15) is 5.82 Å². The molecule has 4 nitrogen and oxygen atoms in total. The van der Waals surface area contributed by atoms with Crippen molar-refractivity contribution in [3.63, 3.8) is 0 Å². The van der Waals surface area contributed by atoms with Crippen LogP contribution in [0, 0.1) is 25.6 Å². The summed E-state index contributed by atoms with van der Waals surface area (Å²) in [4.78, 5) is 12.6. The zero-order valence-electron chi connectivity index (χ0n) is 28.0. The van der Waals surface area contributed by atoms with Gasteiger partial charge in [-0.15, -0.1) is 0 Å². The highest BCUT2D eigenvalue weighted by Crippen LogP contribution is 2.25. The molecule has 2 rings (SSSR count). The van der Waals surface area contributed by atoms with Crippen LogP contribution in [0.5, 0.6) is 0 Å². The molecule has 1 saturated carbocycles.